The van der Waals surface area contributed by atoms with Crippen LogP contribution in [0, 0.1) is 0 Å². The van der Waals surface area contributed by atoms with E-state index in [9.17, 15) is 9.59 Å². The van der Waals surface area contributed by atoms with Crippen molar-refractivity contribution in [3.63, 3.8) is 0 Å². The van der Waals surface area contributed by atoms with E-state index in [-0.39, 0.29) is 23.0 Å². The highest BCUT2D eigenvalue weighted by atomic mass is 32.2. The summed E-state index contributed by atoms with van der Waals surface area (Å²) in [4.78, 5) is 28.1. The van der Waals surface area contributed by atoms with Gasteiger partial charge in [-0.2, -0.15) is 0 Å². The second kappa shape index (κ2) is 5.55. The largest absolute Gasteiger partial charge is 0.481 e. The van der Waals surface area contributed by atoms with Crippen LogP contribution in [0.15, 0.2) is 16.0 Å². The molecule has 88 valence electrons. The Labute approximate surface area is 96.3 Å². The molecular formula is C9H13N3O3S. The Balaban J connectivity index is 2.77. The van der Waals surface area contributed by atoms with Crippen LogP contribution in [-0.4, -0.2) is 26.3 Å². The van der Waals surface area contributed by atoms with Gasteiger partial charge >= 0.3 is 5.97 Å². The molecule has 0 amide bonds. The third-order valence-corrected chi connectivity index (χ3v) is 3.13. The lowest BCUT2D eigenvalue weighted by Gasteiger charge is -2.10. The lowest BCUT2D eigenvalue weighted by atomic mass is 10.2. The fraction of sp³-hybridized carbons (Fsp3) is 0.444. The Bertz CT molecular complexity index is 432. The molecule has 0 aromatic carbocycles. The van der Waals surface area contributed by atoms with Crippen molar-refractivity contribution in [1.82, 2.24) is 9.97 Å². The second-order valence-electron chi connectivity index (χ2n) is 3.22. The zero-order valence-corrected chi connectivity index (χ0v) is 9.58. The maximum Gasteiger partial charge on any atom is 0.304 e. The highest BCUT2D eigenvalue weighted by molar-refractivity contribution is 7.99. The first-order valence-corrected chi connectivity index (χ1v) is 5.64. The molecule has 1 unspecified atom stereocenters. The topological polar surface area (TPSA) is 109 Å². The molecule has 0 radical (unpaired) electrons. The van der Waals surface area contributed by atoms with Crippen LogP contribution >= 0.6 is 11.8 Å². The molecule has 0 saturated heterocycles. The highest BCUT2D eigenvalue weighted by Crippen LogP contribution is 2.24. The zero-order chi connectivity index (χ0) is 12.1. The number of hydrogen-bond acceptors (Lipinski definition) is 5. The van der Waals surface area contributed by atoms with Gasteiger partial charge < -0.3 is 15.8 Å². The van der Waals surface area contributed by atoms with Crippen molar-refractivity contribution in [3.8, 4) is 0 Å². The summed E-state index contributed by atoms with van der Waals surface area (Å²) in [5.74, 6) is -0.734. The van der Waals surface area contributed by atoms with Gasteiger partial charge in [-0.15, -0.1) is 0 Å². The van der Waals surface area contributed by atoms with Gasteiger partial charge in [0.15, 0.2) is 5.16 Å². The molecule has 1 heterocycles. The standard InChI is InChI=1S/C9H13N3O3S/c1-2-5(3-8(14)15)16-9-11-6(10)4-7(13)12-9/h4-5H,2-3H2,1H3,(H,14,15)(H3,10,11,12,13). The van der Waals surface area contributed by atoms with Gasteiger partial charge in [-0.05, 0) is 6.42 Å². The summed E-state index contributed by atoms with van der Waals surface area (Å²) in [6, 6.07) is 1.18. The van der Waals surface area contributed by atoms with Crippen molar-refractivity contribution >= 4 is 23.5 Å². The van der Waals surface area contributed by atoms with Gasteiger partial charge in [-0.25, -0.2) is 4.98 Å². The normalized spacial score (nSPS) is 12.3. The zero-order valence-electron chi connectivity index (χ0n) is 8.77. The molecule has 1 aromatic rings. The number of hydrogen-bond donors (Lipinski definition) is 3. The number of anilines is 1. The molecule has 1 aromatic heterocycles. The van der Waals surface area contributed by atoms with Crippen molar-refractivity contribution in [2.45, 2.75) is 30.2 Å². The first-order valence-electron chi connectivity index (χ1n) is 4.76. The minimum Gasteiger partial charge on any atom is -0.481 e. The number of carboxylic acids is 1. The summed E-state index contributed by atoms with van der Waals surface area (Å²) < 4.78 is 0. The summed E-state index contributed by atoms with van der Waals surface area (Å²) in [6.07, 6.45) is 0.704. The predicted molar refractivity (Wildman–Crippen MR) is 61.5 cm³/mol. The number of carbonyl (C=O) groups is 1. The number of carboxylic acid groups (broad SMARTS) is 1. The fourth-order valence-corrected chi connectivity index (χ4v) is 2.16. The summed E-state index contributed by atoms with van der Waals surface area (Å²) in [5.41, 5.74) is 5.08. The van der Waals surface area contributed by atoms with Crippen molar-refractivity contribution < 1.29 is 9.90 Å². The lowest BCUT2D eigenvalue weighted by Crippen LogP contribution is -2.13. The smallest absolute Gasteiger partial charge is 0.304 e. The van der Waals surface area contributed by atoms with E-state index in [0.717, 1.165) is 0 Å². The number of aliphatic carboxylic acids is 1. The molecule has 1 atom stereocenters. The van der Waals surface area contributed by atoms with Crippen LogP contribution in [0.25, 0.3) is 0 Å². The fourth-order valence-electron chi connectivity index (χ4n) is 1.13. The molecule has 4 N–H and O–H groups in total. The van der Waals surface area contributed by atoms with Crippen LogP contribution in [0.5, 0.6) is 0 Å². The molecule has 0 aliphatic heterocycles. The summed E-state index contributed by atoms with van der Waals surface area (Å²) >= 11 is 1.22. The van der Waals surface area contributed by atoms with Crippen molar-refractivity contribution in [3.05, 3.63) is 16.4 Å². The quantitative estimate of drug-likeness (QED) is 0.518. The Morgan fingerprint density at radius 3 is 2.94 bits per heavy atom. The van der Waals surface area contributed by atoms with E-state index in [1.54, 1.807) is 0 Å². The number of nitrogens with zero attached hydrogens (tertiary/aromatic N) is 1. The van der Waals surface area contributed by atoms with Gasteiger partial charge in [0.05, 0.1) is 6.42 Å². The molecule has 0 bridgehead atoms. The maximum absolute atomic E-state index is 11.1. The van der Waals surface area contributed by atoms with Crippen LogP contribution in [0.1, 0.15) is 19.8 Å². The molecule has 0 aliphatic rings. The monoisotopic (exact) mass is 243 g/mol. The number of nitrogen functional groups attached to an aromatic ring is 1. The van der Waals surface area contributed by atoms with E-state index in [1.807, 2.05) is 6.92 Å². The number of aromatic nitrogens is 2. The number of aromatic amines is 1. The molecule has 6 nitrogen and oxygen atoms in total. The number of thioether (sulfide) groups is 1. The van der Waals surface area contributed by atoms with E-state index < -0.39 is 5.97 Å². The predicted octanol–water partition coefficient (Wildman–Crippen LogP) is 0.697. The van der Waals surface area contributed by atoms with E-state index in [1.165, 1.54) is 17.8 Å². The molecule has 7 heteroatoms. The van der Waals surface area contributed by atoms with E-state index in [4.69, 9.17) is 10.8 Å². The third-order valence-electron chi connectivity index (χ3n) is 1.88. The van der Waals surface area contributed by atoms with Crippen LogP contribution in [0.3, 0.4) is 0 Å². The summed E-state index contributed by atoms with van der Waals surface area (Å²) in [5, 5.41) is 8.91. The van der Waals surface area contributed by atoms with Crippen LogP contribution in [-0.2, 0) is 4.79 Å². The van der Waals surface area contributed by atoms with Crippen molar-refractivity contribution in [2.24, 2.45) is 0 Å². The van der Waals surface area contributed by atoms with Gasteiger partial charge in [0.25, 0.3) is 5.56 Å². The van der Waals surface area contributed by atoms with Crippen molar-refractivity contribution in [2.75, 3.05) is 5.73 Å². The molecule has 16 heavy (non-hydrogen) atoms. The average Bonchev–Trinajstić information content (AvgIpc) is 2.14. The highest BCUT2D eigenvalue weighted by Gasteiger charge is 2.14. The average molecular weight is 243 g/mol. The minimum atomic E-state index is -0.870. The number of nitrogens with two attached hydrogens (primary N) is 1. The van der Waals surface area contributed by atoms with E-state index in [2.05, 4.69) is 9.97 Å². The number of nitrogens with one attached hydrogen (secondary N) is 1. The first kappa shape index (κ1) is 12.6. The molecule has 1 rings (SSSR count). The van der Waals surface area contributed by atoms with Gasteiger partial charge in [0.2, 0.25) is 0 Å². The number of rotatable bonds is 5. The molecule has 0 saturated carbocycles. The van der Waals surface area contributed by atoms with Crippen LogP contribution in [0.4, 0.5) is 5.82 Å². The van der Waals surface area contributed by atoms with Gasteiger partial charge in [-0.3, -0.25) is 9.59 Å². The molecule has 0 aliphatic carbocycles. The number of H-pyrrole nitrogens is 1. The SMILES string of the molecule is CCC(CC(=O)O)Sc1nc(N)cc(=O)[nH]1. The van der Waals surface area contributed by atoms with Crippen LogP contribution < -0.4 is 11.3 Å². The Morgan fingerprint density at radius 1 is 1.75 bits per heavy atom. The van der Waals surface area contributed by atoms with E-state index in [0.29, 0.717) is 11.6 Å². The minimum absolute atomic E-state index is 0.0275. The van der Waals surface area contributed by atoms with E-state index >= 15 is 0 Å². The first-order chi connectivity index (χ1) is 7.51. The van der Waals surface area contributed by atoms with Gasteiger partial charge in [0.1, 0.15) is 5.82 Å². The Morgan fingerprint density at radius 2 is 2.44 bits per heavy atom. The molecular weight excluding hydrogens is 230 g/mol. The molecule has 0 fully saturated rings. The van der Waals surface area contributed by atoms with Crippen LogP contribution in [0.2, 0.25) is 0 Å². The third kappa shape index (κ3) is 3.93. The lowest BCUT2D eigenvalue weighted by molar-refractivity contribution is -0.136. The summed E-state index contributed by atoms with van der Waals surface area (Å²) in [7, 11) is 0. The summed E-state index contributed by atoms with van der Waals surface area (Å²) in [6.45, 7) is 1.88. The van der Waals surface area contributed by atoms with Gasteiger partial charge in [0, 0.05) is 11.3 Å². The van der Waals surface area contributed by atoms with Gasteiger partial charge in [-0.1, -0.05) is 18.7 Å². The Kier molecular flexibility index (Phi) is 4.36. The Hall–Kier alpha value is -1.50. The molecule has 0 spiro atoms. The second-order valence-corrected chi connectivity index (χ2v) is 4.51. The van der Waals surface area contributed by atoms with Crippen molar-refractivity contribution in [1.29, 1.82) is 0 Å². The maximum atomic E-state index is 11.1.